The number of fused-ring (bicyclic) bond motifs is 3. The highest BCUT2D eigenvalue weighted by Gasteiger charge is 2.76. The van der Waals surface area contributed by atoms with Gasteiger partial charge < -0.3 is 57.3 Å². The highest BCUT2D eigenvalue weighted by molar-refractivity contribution is 8.77. The lowest BCUT2D eigenvalue weighted by Gasteiger charge is -2.64. The van der Waals surface area contributed by atoms with Gasteiger partial charge in [0, 0.05) is 97.0 Å². The molecule has 6 spiro atoms. The van der Waals surface area contributed by atoms with Crippen molar-refractivity contribution in [2.45, 2.75) is 245 Å². The molecule has 0 aromatic heterocycles. The Morgan fingerprint density at radius 3 is 2.52 bits per heavy atom. The zero-order valence-electron chi connectivity index (χ0n) is 55.1. The molecule has 7 heterocycles. The zero-order chi connectivity index (χ0) is 63.9. The molecule has 504 valence electrons. The van der Waals surface area contributed by atoms with Crippen LogP contribution in [0.4, 0.5) is 0 Å². The minimum Gasteiger partial charge on any atom is -0.504 e. The van der Waals surface area contributed by atoms with E-state index in [1.165, 1.54) is 25.3 Å². The monoisotopic (exact) mass is 1310 g/mol. The number of allylic oxidation sites excluding steroid dienone is 2. The van der Waals surface area contributed by atoms with E-state index in [1.54, 1.807) is 0 Å². The van der Waals surface area contributed by atoms with E-state index in [4.69, 9.17) is 31.7 Å². The first-order valence-corrected chi connectivity index (χ1v) is 39.1. The SMILES string of the molecule is CC(=O)O[C@@]12CCc3cc(c(O)c4c3[C@@H]3C=C[C@]5(CCC[C@@H]5C3)O4)CN3C[C@]4(CC3=O)[C@@H](CC[C@H]4c3ccccc3)CN=C(N)N[C@@]3(CCCC34CCCC4)SS[C@@H]3C=C[C@@H]4[C@H](CC[C@H]3[C@]43CCC[C@@]34C[C@@]3(CCCO)CC[C@@H](CN=C(N)N)[C@H]3[C@@H]4O)[C@@H](CC1)[C@H](O)C2. The third kappa shape index (κ3) is 9.82. The van der Waals surface area contributed by atoms with Gasteiger partial charge in [0.05, 0.1) is 12.2 Å². The Labute approximate surface area is 559 Å². The van der Waals surface area contributed by atoms with E-state index in [1.807, 2.05) is 4.90 Å². The highest BCUT2D eigenvalue weighted by Crippen LogP contribution is 2.80. The Bertz CT molecular complexity index is 3350. The number of aromatic hydroxyl groups is 1. The Balaban J connectivity index is 0.819. The number of aliphatic hydroxyl groups is 3. The molecule has 2 aromatic carbocycles. The number of guanidine groups is 2. The van der Waals surface area contributed by atoms with Crippen molar-refractivity contribution in [3.63, 3.8) is 0 Å². The van der Waals surface area contributed by atoms with Crippen LogP contribution in [0, 0.1) is 74.4 Å². The van der Waals surface area contributed by atoms with Crippen molar-refractivity contribution in [1.82, 2.24) is 10.2 Å². The minimum atomic E-state index is -0.937. The van der Waals surface area contributed by atoms with Gasteiger partial charge in [-0.3, -0.25) is 19.6 Å². The van der Waals surface area contributed by atoms with E-state index >= 15 is 4.79 Å². The van der Waals surface area contributed by atoms with E-state index in [0.717, 1.165) is 140 Å². The van der Waals surface area contributed by atoms with Crippen molar-refractivity contribution in [3.05, 3.63) is 83.0 Å². The summed E-state index contributed by atoms with van der Waals surface area (Å²) >= 11 is 0. The molecule has 20 atom stereocenters. The van der Waals surface area contributed by atoms with E-state index in [9.17, 15) is 25.2 Å². The second-order valence-corrected chi connectivity index (χ2v) is 35.8. The van der Waals surface area contributed by atoms with Crippen molar-refractivity contribution >= 4 is 45.4 Å². The third-order valence-electron chi connectivity index (χ3n) is 29.5. The zero-order valence-corrected chi connectivity index (χ0v) is 56.8. The number of aliphatic hydroxyl groups excluding tert-OH is 3. The summed E-state index contributed by atoms with van der Waals surface area (Å²) in [5, 5.41) is 55.0. The van der Waals surface area contributed by atoms with Crippen molar-refractivity contribution in [2.24, 2.45) is 102 Å². The van der Waals surface area contributed by atoms with Crippen LogP contribution in [-0.4, -0.2) is 109 Å². The maximum Gasteiger partial charge on any atom is 0.303 e. The normalized spacial score (nSPS) is 44.2. The molecule has 0 unspecified atom stereocenters. The standard InChI is InChI=1S/C76H105N7O8S2/c1-46(85)90-71-33-21-48-37-51(64(88)65-62(48)49-22-35-74(91-65)29-7-13-52(74)38-49)43-83-45-72(40-61(83)87)53(14-16-56(72)47-11-3-2-4-12-47)42-81-68(79)82-76(31-8-27-70(76)25-5-6-26-70)93-92-60-19-18-57-54(55(23-34-71)59(86)39-71)15-17-58(60)75(57)30-9-28-73(75)44-69(24-10-36-84)32-20-50(41-80-67(77)78)63(69)66(73)89/h2-4,11-12,18-19,22,35,37,49-50,52-60,63,66,84,86,88-89H,5-10,13-17,20-21,23-34,36,38-45H2,1H3,(H4,77,78,80)(H3,79,81,82)/t49-,50+,52-,53+,54-,55-,56+,57-,58-,59-,60-,63+,66+,69-,71+,72-,73+,74+,75+,76+/m1/s1. The lowest BCUT2D eigenvalue weighted by Crippen LogP contribution is -2.62. The van der Waals surface area contributed by atoms with Crippen molar-refractivity contribution in [3.8, 4) is 11.5 Å². The lowest BCUT2D eigenvalue weighted by atomic mass is 9.42. The van der Waals surface area contributed by atoms with E-state index < -0.39 is 34.2 Å². The van der Waals surface area contributed by atoms with Crippen LogP contribution >= 0.6 is 21.6 Å². The molecule has 2 aromatic rings. The number of rotatable bonds is 7. The average Bonchev–Trinajstić information content (AvgIpc) is 1.50. The molecular weight excluding hydrogens is 1200 g/mol. The van der Waals surface area contributed by atoms with E-state index in [0.29, 0.717) is 87.8 Å². The molecule has 11 N–H and O–H groups in total. The number of nitrogens with one attached hydrogen (secondary N) is 1. The van der Waals surface area contributed by atoms with Crippen LogP contribution in [0.2, 0.25) is 0 Å². The van der Waals surface area contributed by atoms with Crippen molar-refractivity contribution < 1.29 is 39.5 Å². The van der Waals surface area contributed by atoms with Gasteiger partial charge in [0.1, 0.15) is 16.1 Å². The molecule has 0 radical (unpaired) electrons. The molecule has 93 heavy (non-hydrogen) atoms. The Hall–Kier alpha value is -4.42. The van der Waals surface area contributed by atoms with E-state index in [-0.39, 0.29) is 116 Å². The molecule has 15 nitrogen and oxygen atoms in total. The molecule has 20 rings (SSSR count). The average molecular weight is 1310 g/mol. The van der Waals surface area contributed by atoms with Gasteiger partial charge >= 0.3 is 5.97 Å². The molecule has 9 saturated carbocycles. The van der Waals surface area contributed by atoms with Gasteiger partial charge in [-0.15, -0.1) is 0 Å². The van der Waals surface area contributed by atoms with E-state index in [2.05, 4.69) is 92.6 Å². The van der Waals surface area contributed by atoms with Crippen molar-refractivity contribution in [1.29, 1.82) is 0 Å². The van der Waals surface area contributed by atoms with Gasteiger partial charge in [-0.25, -0.2) is 0 Å². The number of hydrogen-bond donors (Lipinski definition) is 8. The summed E-state index contributed by atoms with van der Waals surface area (Å²) in [6, 6.07) is 13.0. The summed E-state index contributed by atoms with van der Waals surface area (Å²) in [7, 11) is 4.12. The van der Waals surface area contributed by atoms with Crippen LogP contribution in [0.1, 0.15) is 221 Å². The molecule has 1 saturated heterocycles. The first-order chi connectivity index (χ1) is 44.9. The van der Waals surface area contributed by atoms with Crippen LogP contribution < -0.4 is 27.3 Å². The molecule has 1 amide bonds. The second kappa shape index (κ2) is 23.7. The molecule has 18 aliphatic rings. The minimum absolute atomic E-state index is 0.00911. The number of carbonyl (C=O) groups is 2. The summed E-state index contributed by atoms with van der Waals surface area (Å²) < 4.78 is 14.0. The number of phenolic OH excluding ortho intramolecular Hbond substituents is 1. The number of amides is 1. The number of carbonyl (C=O) groups excluding carboxylic acids is 2. The van der Waals surface area contributed by atoms with Gasteiger partial charge in [-0.1, -0.05) is 89.4 Å². The quantitative estimate of drug-likeness (QED) is 0.0422. The van der Waals surface area contributed by atoms with Crippen molar-refractivity contribution in [2.75, 3.05) is 26.2 Å². The maximum atomic E-state index is 15.2. The first kappa shape index (κ1) is 63.3. The molecule has 7 aliphatic heterocycles. The number of aliphatic imine (C=N–C) groups is 2. The largest absolute Gasteiger partial charge is 0.504 e. The molecule has 12 bridgehead atoms. The summed E-state index contributed by atoms with van der Waals surface area (Å²) in [5.74, 6) is 2.23. The number of phenols is 1. The lowest BCUT2D eigenvalue weighted by molar-refractivity contribution is -0.180. The fraction of sp³-hybridized carbons (Fsp3) is 0.737. The molecule has 10 fully saturated rings. The second-order valence-electron chi connectivity index (χ2n) is 33.2. The summed E-state index contributed by atoms with van der Waals surface area (Å²) in [4.78, 5) is 40.6. The fourth-order valence-corrected chi connectivity index (χ4v) is 30.1. The maximum absolute atomic E-state index is 15.2. The number of ether oxygens (including phenoxy) is 2. The summed E-state index contributed by atoms with van der Waals surface area (Å²) in [6.07, 6.45) is 34.8. The highest BCUT2D eigenvalue weighted by atomic mass is 33.1. The van der Waals surface area contributed by atoms with Gasteiger partial charge in [0.15, 0.2) is 23.4 Å². The van der Waals surface area contributed by atoms with Gasteiger partial charge in [-0.2, -0.15) is 0 Å². The number of hydrogen-bond acceptors (Lipinski definition) is 14. The van der Waals surface area contributed by atoms with Crippen LogP contribution in [0.3, 0.4) is 0 Å². The van der Waals surface area contributed by atoms with Crippen LogP contribution in [-0.2, 0) is 27.3 Å². The predicted octanol–water partition coefficient (Wildman–Crippen LogP) is 12.0. The number of benzene rings is 2. The van der Waals surface area contributed by atoms with Crippen LogP contribution in [0.5, 0.6) is 11.5 Å². The fourth-order valence-electron chi connectivity index (χ4n) is 26.0. The van der Waals surface area contributed by atoms with Crippen LogP contribution in [0.25, 0.3) is 0 Å². The number of nitrogens with zero attached hydrogens (tertiary/aromatic N) is 3. The predicted molar refractivity (Wildman–Crippen MR) is 366 cm³/mol. The number of nitrogens with two attached hydrogens (primary N) is 3. The van der Waals surface area contributed by atoms with Gasteiger partial charge in [0.25, 0.3) is 0 Å². The summed E-state index contributed by atoms with van der Waals surface area (Å²) in [6.45, 7) is 3.42. The molecule has 11 aliphatic carbocycles. The molecule has 17 heteroatoms. The Morgan fingerprint density at radius 1 is 0.882 bits per heavy atom. The topological polar surface area (TPSA) is 252 Å². The number of esters is 1. The van der Waals surface area contributed by atoms with Crippen LogP contribution in [0.15, 0.2) is 70.7 Å². The molecular formula is C76H105N7O8S2. The van der Waals surface area contributed by atoms with Gasteiger partial charge in [0.2, 0.25) is 5.91 Å². The Kier molecular flexibility index (Phi) is 16.1. The Morgan fingerprint density at radius 2 is 1.71 bits per heavy atom. The van der Waals surface area contributed by atoms with Gasteiger partial charge in [-0.05, 0) is 236 Å². The first-order valence-electron chi connectivity index (χ1n) is 36.8. The number of aryl methyl sites for hydroxylation is 1. The summed E-state index contributed by atoms with van der Waals surface area (Å²) in [5.41, 5.74) is 21.0. The third-order valence-corrected chi connectivity index (χ3v) is 33.1. The smallest absolute Gasteiger partial charge is 0.303 e.